The van der Waals surface area contributed by atoms with Crippen molar-refractivity contribution >= 4 is 40.8 Å². The van der Waals surface area contributed by atoms with Crippen LogP contribution >= 0.6 is 13.5 Å². The number of benzene rings is 2. The summed E-state index contributed by atoms with van der Waals surface area (Å²) in [4.78, 5) is 23.6. The zero-order valence-electron chi connectivity index (χ0n) is 16.5. The molecule has 0 aliphatic rings. The van der Waals surface area contributed by atoms with Crippen LogP contribution in [-0.4, -0.2) is 33.1 Å². The summed E-state index contributed by atoms with van der Waals surface area (Å²) >= 11 is 0. The molecule has 0 heterocycles. The Kier molecular flexibility index (Phi) is 8.94. The average molecular weight is 479 g/mol. The fraction of sp³-hybridized carbons (Fsp3) is 0.263. The van der Waals surface area contributed by atoms with Crippen LogP contribution < -0.4 is 15.8 Å². The number of ether oxygens (including phenoxy) is 1. The number of sulfone groups is 1. The first-order valence-electron chi connectivity index (χ1n) is 8.55. The zero-order valence-corrected chi connectivity index (χ0v) is 18.3. The summed E-state index contributed by atoms with van der Waals surface area (Å²) in [5.41, 5.74) is 3.90. The Labute approximate surface area is 184 Å². The predicted molar refractivity (Wildman–Crippen MR) is 113 cm³/mol. The molecule has 2 amide bonds. The SMILES string of the molecule is COc1ccc(S(=O)(=O)C[C@@H](C)C(N)=O)cc1C(=O)Nc1ccc(F)c(C(F)F)c1.S. The quantitative estimate of drug-likeness (QED) is 0.605. The predicted octanol–water partition coefficient (Wildman–Crippen LogP) is 3.03. The molecule has 170 valence electrons. The van der Waals surface area contributed by atoms with Crippen molar-refractivity contribution in [2.75, 3.05) is 18.2 Å². The number of halogens is 3. The number of carbonyl (C=O) groups excluding carboxylic acids is 2. The lowest BCUT2D eigenvalue weighted by atomic mass is 10.1. The zero-order chi connectivity index (χ0) is 22.6. The molecule has 0 aromatic heterocycles. The third-order valence-electron chi connectivity index (χ3n) is 4.22. The monoisotopic (exact) mass is 478 g/mol. The van der Waals surface area contributed by atoms with Gasteiger partial charge in [-0.3, -0.25) is 9.59 Å². The normalized spacial score (nSPS) is 12.1. The molecule has 0 bridgehead atoms. The fourth-order valence-electron chi connectivity index (χ4n) is 2.55. The molecule has 2 rings (SSSR count). The van der Waals surface area contributed by atoms with E-state index in [-0.39, 0.29) is 35.4 Å². The fourth-order valence-corrected chi connectivity index (χ4v) is 4.14. The van der Waals surface area contributed by atoms with E-state index in [1.807, 2.05) is 0 Å². The van der Waals surface area contributed by atoms with Crippen LogP contribution in [0.3, 0.4) is 0 Å². The van der Waals surface area contributed by atoms with Crippen molar-refractivity contribution in [1.82, 2.24) is 0 Å². The van der Waals surface area contributed by atoms with Gasteiger partial charge in [0.2, 0.25) is 5.91 Å². The highest BCUT2D eigenvalue weighted by Crippen LogP contribution is 2.28. The maximum atomic E-state index is 13.4. The van der Waals surface area contributed by atoms with Crippen LogP contribution in [-0.2, 0) is 14.6 Å². The molecule has 3 N–H and O–H groups in total. The Morgan fingerprint density at radius 3 is 2.35 bits per heavy atom. The third-order valence-corrected chi connectivity index (χ3v) is 6.13. The lowest BCUT2D eigenvalue weighted by Gasteiger charge is -2.13. The first-order valence-corrected chi connectivity index (χ1v) is 10.2. The maximum Gasteiger partial charge on any atom is 0.266 e. The van der Waals surface area contributed by atoms with Gasteiger partial charge in [-0.1, -0.05) is 6.92 Å². The van der Waals surface area contributed by atoms with E-state index in [0.29, 0.717) is 0 Å². The highest BCUT2D eigenvalue weighted by molar-refractivity contribution is 7.91. The average Bonchev–Trinajstić information content (AvgIpc) is 2.68. The second-order valence-electron chi connectivity index (χ2n) is 6.44. The van der Waals surface area contributed by atoms with Crippen LogP contribution in [0.15, 0.2) is 41.3 Å². The van der Waals surface area contributed by atoms with Gasteiger partial charge in [0.1, 0.15) is 11.6 Å². The first-order chi connectivity index (χ1) is 14.0. The van der Waals surface area contributed by atoms with Crippen molar-refractivity contribution < 1.29 is 35.9 Å². The molecule has 0 radical (unpaired) electrons. The third kappa shape index (κ3) is 6.37. The summed E-state index contributed by atoms with van der Waals surface area (Å²) in [5, 5.41) is 2.31. The van der Waals surface area contributed by atoms with Crippen LogP contribution in [0, 0.1) is 11.7 Å². The Bertz CT molecular complexity index is 1080. The van der Waals surface area contributed by atoms with Crippen molar-refractivity contribution in [1.29, 1.82) is 0 Å². The number of amides is 2. The topological polar surface area (TPSA) is 116 Å². The summed E-state index contributed by atoms with van der Waals surface area (Å²) in [6.45, 7) is 1.35. The van der Waals surface area contributed by atoms with E-state index in [4.69, 9.17) is 10.5 Å². The number of nitrogens with one attached hydrogen (secondary N) is 1. The number of anilines is 1. The summed E-state index contributed by atoms with van der Waals surface area (Å²) in [5.74, 6) is -4.29. The molecular weight excluding hydrogens is 457 g/mol. The number of carbonyl (C=O) groups is 2. The molecule has 0 aliphatic carbocycles. The van der Waals surface area contributed by atoms with E-state index in [1.165, 1.54) is 26.2 Å². The van der Waals surface area contributed by atoms with E-state index >= 15 is 0 Å². The van der Waals surface area contributed by atoms with Gasteiger partial charge in [-0.05, 0) is 36.4 Å². The highest BCUT2D eigenvalue weighted by Gasteiger charge is 2.24. The Hall–Kier alpha value is -2.73. The largest absolute Gasteiger partial charge is 0.496 e. The van der Waals surface area contributed by atoms with Crippen molar-refractivity contribution in [3.8, 4) is 5.75 Å². The number of rotatable bonds is 8. The van der Waals surface area contributed by atoms with E-state index in [9.17, 15) is 31.2 Å². The second kappa shape index (κ2) is 10.5. The van der Waals surface area contributed by atoms with Gasteiger partial charge >= 0.3 is 0 Å². The molecule has 1 atom stereocenters. The maximum absolute atomic E-state index is 13.4. The lowest BCUT2D eigenvalue weighted by molar-refractivity contribution is -0.120. The molecule has 2 aromatic rings. The van der Waals surface area contributed by atoms with Gasteiger partial charge in [0, 0.05) is 11.6 Å². The van der Waals surface area contributed by atoms with Crippen LogP contribution in [0.4, 0.5) is 18.9 Å². The molecular formula is C19H21F3N2O5S2. The second-order valence-corrected chi connectivity index (χ2v) is 8.47. The Morgan fingerprint density at radius 1 is 1.16 bits per heavy atom. The van der Waals surface area contributed by atoms with Crippen molar-refractivity contribution in [3.63, 3.8) is 0 Å². The molecule has 0 unspecified atom stereocenters. The minimum atomic E-state index is -3.97. The summed E-state index contributed by atoms with van der Waals surface area (Å²) in [7, 11) is -2.71. The summed E-state index contributed by atoms with van der Waals surface area (Å²) in [6.07, 6.45) is -3.09. The number of hydrogen-bond acceptors (Lipinski definition) is 5. The van der Waals surface area contributed by atoms with Gasteiger partial charge in [-0.25, -0.2) is 21.6 Å². The van der Waals surface area contributed by atoms with E-state index < -0.39 is 51.1 Å². The van der Waals surface area contributed by atoms with Gasteiger partial charge in [-0.2, -0.15) is 13.5 Å². The van der Waals surface area contributed by atoms with Crippen LogP contribution in [0.1, 0.15) is 29.3 Å². The number of primary amides is 1. The molecule has 31 heavy (non-hydrogen) atoms. The van der Waals surface area contributed by atoms with Gasteiger partial charge in [0.15, 0.2) is 9.84 Å². The van der Waals surface area contributed by atoms with Gasteiger partial charge in [0.05, 0.1) is 28.9 Å². The number of methoxy groups -OCH3 is 1. The Balaban J connectivity index is 0.00000480. The van der Waals surface area contributed by atoms with Crippen molar-refractivity contribution in [2.45, 2.75) is 18.2 Å². The molecule has 12 heteroatoms. The van der Waals surface area contributed by atoms with Crippen LogP contribution in [0.2, 0.25) is 0 Å². The van der Waals surface area contributed by atoms with Crippen LogP contribution in [0.25, 0.3) is 0 Å². The van der Waals surface area contributed by atoms with E-state index in [0.717, 1.165) is 24.3 Å². The van der Waals surface area contributed by atoms with E-state index in [1.54, 1.807) is 0 Å². The van der Waals surface area contributed by atoms with Crippen molar-refractivity contribution in [2.24, 2.45) is 11.7 Å². The summed E-state index contributed by atoms with van der Waals surface area (Å²) in [6, 6.07) is 6.12. The van der Waals surface area contributed by atoms with Gasteiger partial charge in [0.25, 0.3) is 12.3 Å². The molecule has 0 fully saturated rings. The molecule has 0 saturated carbocycles. The van der Waals surface area contributed by atoms with Crippen LogP contribution in [0.5, 0.6) is 5.75 Å². The minimum absolute atomic E-state index is 0. The number of alkyl halides is 2. The molecule has 7 nitrogen and oxygen atoms in total. The minimum Gasteiger partial charge on any atom is -0.496 e. The first kappa shape index (κ1) is 26.3. The van der Waals surface area contributed by atoms with E-state index in [2.05, 4.69) is 5.32 Å². The summed E-state index contributed by atoms with van der Waals surface area (Å²) < 4.78 is 69.3. The number of hydrogen-bond donors (Lipinski definition) is 2. The highest BCUT2D eigenvalue weighted by atomic mass is 32.2. The van der Waals surface area contributed by atoms with Crippen molar-refractivity contribution in [3.05, 3.63) is 53.3 Å². The van der Waals surface area contributed by atoms with Gasteiger partial charge in [-0.15, -0.1) is 0 Å². The molecule has 0 spiro atoms. The molecule has 0 saturated heterocycles. The Morgan fingerprint density at radius 2 is 1.81 bits per heavy atom. The van der Waals surface area contributed by atoms with Gasteiger partial charge < -0.3 is 15.8 Å². The molecule has 2 aromatic carbocycles. The lowest BCUT2D eigenvalue weighted by Crippen LogP contribution is -2.27. The smallest absolute Gasteiger partial charge is 0.266 e. The molecule has 0 aliphatic heterocycles. The standard InChI is InChI=1S/C19H19F3N2O5S.H2S/c1-10(18(23)25)9-30(27,28)12-4-6-16(29-2)14(8-12)19(26)24-11-3-5-15(20)13(7-11)17(21)22;/h3-8,10,17H,9H2,1-2H3,(H2,23,25)(H,24,26);1H2/t10-;/m1./s1. The number of nitrogens with two attached hydrogens (primary N) is 1.